The summed E-state index contributed by atoms with van der Waals surface area (Å²) in [4.78, 5) is 30.9. The summed E-state index contributed by atoms with van der Waals surface area (Å²) in [5.74, 6) is -1.82. The third kappa shape index (κ3) is 2.77. The first-order valence-corrected chi connectivity index (χ1v) is 8.17. The summed E-state index contributed by atoms with van der Waals surface area (Å²) in [5, 5.41) is 9.89. The van der Waals surface area contributed by atoms with Gasteiger partial charge in [0.2, 0.25) is 0 Å². The Morgan fingerprint density at radius 1 is 1.25 bits per heavy atom. The van der Waals surface area contributed by atoms with Crippen molar-refractivity contribution in [3.05, 3.63) is 65.5 Å². The number of aromatic nitrogens is 1. The Balaban J connectivity index is 2.16. The van der Waals surface area contributed by atoms with E-state index in [0.717, 1.165) is 18.4 Å². The maximum atomic E-state index is 13.0. The predicted molar refractivity (Wildman–Crippen MR) is 89.7 cm³/mol. The van der Waals surface area contributed by atoms with Crippen molar-refractivity contribution in [3.8, 4) is 0 Å². The van der Waals surface area contributed by atoms with Gasteiger partial charge in [-0.3, -0.25) is 14.6 Å². The van der Waals surface area contributed by atoms with E-state index in [1.807, 2.05) is 6.07 Å². The molecule has 0 radical (unpaired) electrons. The van der Waals surface area contributed by atoms with Crippen molar-refractivity contribution in [3.63, 3.8) is 0 Å². The van der Waals surface area contributed by atoms with Crippen LogP contribution in [0, 0.1) is 0 Å². The zero-order valence-electron chi connectivity index (χ0n) is 13.6. The van der Waals surface area contributed by atoms with Crippen molar-refractivity contribution < 1.29 is 14.7 Å². The van der Waals surface area contributed by atoms with Crippen LogP contribution in [0.3, 0.4) is 0 Å². The summed E-state index contributed by atoms with van der Waals surface area (Å²) >= 11 is 0. The predicted octanol–water partition coefficient (Wildman–Crippen LogP) is 3.25. The van der Waals surface area contributed by atoms with E-state index < -0.39 is 17.9 Å². The molecular formula is C19H20N2O3. The molecule has 2 atom stereocenters. The molecule has 124 valence electrons. The van der Waals surface area contributed by atoms with Crippen molar-refractivity contribution in [1.82, 2.24) is 9.88 Å². The summed E-state index contributed by atoms with van der Waals surface area (Å²) < 4.78 is 0. The van der Waals surface area contributed by atoms with Gasteiger partial charge in [0, 0.05) is 24.5 Å². The van der Waals surface area contributed by atoms with Gasteiger partial charge in [0.1, 0.15) is 5.92 Å². The lowest BCUT2D eigenvalue weighted by Crippen LogP contribution is -2.45. The van der Waals surface area contributed by atoms with Gasteiger partial charge in [0.15, 0.2) is 0 Å². The van der Waals surface area contributed by atoms with E-state index >= 15 is 0 Å². The fraction of sp³-hybridized carbons (Fsp3) is 0.316. The number of benzene rings is 1. The number of nitrogens with zero attached hydrogens (tertiary/aromatic N) is 2. The molecule has 1 aliphatic heterocycles. The number of carbonyl (C=O) groups excluding carboxylic acids is 1. The number of hydrogen-bond acceptors (Lipinski definition) is 3. The van der Waals surface area contributed by atoms with Crippen LogP contribution in [-0.2, 0) is 4.79 Å². The number of aliphatic carboxylic acids is 1. The quantitative estimate of drug-likeness (QED) is 0.916. The second-order valence-electron chi connectivity index (χ2n) is 5.99. The van der Waals surface area contributed by atoms with Crippen molar-refractivity contribution in [1.29, 1.82) is 0 Å². The van der Waals surface area contributed by atoms with Gasteiger partial charge in [-0.15, -0.1) is 0 Å². The van der Waals surface area contributed by atoms with E-state index in [2.05, 4.69) is 11.9 Å². The van der Waals surface area contributed by atoms with Crippen LogP contribution in [0.1, 0.15) is 53.2 Å². The molecule has 0 saturated heterocycles. The Morgan fingerprint density at radius 3 is 2.71 bits per heavy atom. The number of carboxylic acids is 1. The largest absolute Gasteiger partial charge is 0.481 e. The highest BCUT2D eigenvalue weighted by atomic mass is 16.4. The molecule has 0 bridgehead atoms. The molecule has 3 rings (SSSR count). The maximum Gasteiger partial charge on any atom is 0.313 e. The van der Waals surface area contributed by atoms with Crippen LogP contribution in [-0.4, -0.2) is 33.4 Å². The molecule has 2 aromatic rings. The minimum atomic E-state index is -0.926. The molecule has 1 aromatic carbocycles. The molecule has 0 fully saturated rings. The highest BCUT2D eigenvalue weighted by Gasteiger charge is 2.43. The topological polar surface area (TPSA) is 70.5 Å². The lowest BCUT2D eigenvalue weighted by molar-refractivity contribution is -0.140. The molecule has 1 aliphatic rings. The van der Waals surface area contributed by atoms with Gasteiger partial charge >= 0.3 is 5.97 Å². The molecule has 1 amide bonds. The van der Waals surface area contributed by atoms with Crippen LogP contribution in [0.4, 0.5) is 0 Å². The molecule has 0 spiro atoms. The second kappa shape index (κ2) is 6.83. The van der Waals surface area contributed by atoms with E-state index in [1.165, 1.54) is 0 Å². The van der Waals surface area contributed by atoms with Gasteiger partial charge in [-0.05, 0) is 29.7 Å². The van der Waals surface area contributed by atoms with Gasteiger partial charge in [-0.2, -0.15) is 0 Å². The Bertz CT molecular complexity index is 745. The second-order valence-corrected chi connectivity index (χ2v) is 5.99. The fourth-order valence-corrected chi connectivity index (χ4v) is 3.35. The Hall–Kier alpha value is -2.69. The number of rotatable bonds is 5. The van der Waals surface area contributed by atoms with Crippen LogP contribution in [0.5, 0.6) is 0 Å². The molecule has 0 saturated carbocycles. The van der Waals surface area contributed by atoms with Gasteiger partial charge in [0.05, 0.1) is 6.04 Å². The minimum Gasteiger partial charge on any atom is -0.481 e. The highest BCUT2D eigenvalue weighted by Crippen LogP contribution is 2.42. The number of carboxylic acid groups (broad SMARTS) is 1. The molecule has 2 unspecified atom stereocenters. The third-order valence-electron chi connectivity index (χ3n) is 4.48. The molecule has 1 N–H and O–H groups in total. The lowest BCUT2D eigenvalue weighted by Gasteiger charge is -2.40. The number of amides is 1. The zero-order chi connectivity index (χ0) is 17.1. The Kier molecular flexibility index (Phi) is 4.60. The molecule has 2 heterocycles. The Labute approximate surface area is 140 Å². The summed E-state index contributed by atoms with van der Waals surface area (Å²) in [6.07, 6.45) is 5.06. The van der Waals surface area contributed by atoms with Crippen LogP contribution in [0.25, 0.3) is 0 Å². The molecule has 5 nitrogen and oxygen atoms in total. The van der Waals surface area contributed by atoms with E-state index in [0.29, 0.717) is 17.7 Å². The summed E-state index contributed by atoms with van der Waals surface area (Å²) in [5.41, 5.74) is 1.82. The van der Waals surface area contributed by atoms with E-state index in [4.69, 9.17) is 0 Å². The first-order chi connectivity index (χ1) is 11.6. The minimum absolute atomic E-state index is 0.106. The number of hydrogen-bond donors (Lipinski definition) is 1. The molecule has 1 aromatic heterocycles. The normalized spacial score (nSPS) is 19.9. The van der Waals surface area contributed by atoms with Crippen molar-refractivity contribution in [2.75, 3.05) is 6.54 Å². The van der Waals surface area contributed by atoms with Gasteiger partial charge in [-0.1, -0.05) is 37.6 Å². The lowest BCUT2D eigenvalue weighted by atomic mass is 9.80. The van der Waals surface area contributed by atoms with E-state index in [9.17, 15) is 14.7 Å². The van der Waals surface area contributed by atoms with Gasteiger partial charge in [-0.25, -0.2) is 0 Å². The van der Waals surface area contributed by atoms with Crippen molar-refractivity contribution in [2.24, 2.45) is 0 Å². The maximum absolute atomic E-state index is 13.0. The van der Waals surface area contributed by atoms with Crippen LogP contribution >= 0.6 is 0 Å². The van der Waals surface area contributed by atoms with Crippen LogP contribution in [0.15, 0.2) is 48.8 Å². The molecule has 5 heteroatoms. The summed E-state index contributed by atoms with van der Waals surface area (Å²) in [6, 6.07) is 10.1. The first kappa shape index (κ1) is 16.2. The van der Waals surface area contributed by atoms with Gasteiger partial charge in [0.25, 0.3) is 5.91 Å². The van der Waals surface area contributed by atoms with E-state index in [-0.39, 0.29) is 5.91 Å². The fourth-order valence-electron chi connectivity index (χ4n) is 3.35. The van der Waals surface area contributed by atoms with Crippen LogP contribution < -0.4 is 0 Å². The zero-order valence-corrected chi connectivity index (χ0v) is 13.6. The van der Waals surface area contributed by atoms with Gasteiger partial charge < -0.3 is 10.0 Å². The first-order valence-electron chi connectivity index (χ1n) is 8.17. The highest BCUT2D eigenvalue weighted by molar-refractivity contribution is 6.00. The number of unbranched alkanes of at least 4 members (excludes halogenated alkanes) is 1. The summed E-state index contributed by atoms with van der Waals surface area (Å²) in [7, 11) is 0. The third-order valence-corrected chi connectivity index (χ3v) is 4.48. The number of fused-ring (bicyclic) bond motifs is 1. The number of pyridine rings is 1. The molecule has 24 heavy (non-hydrogen) atoms. The monoisotopic (exact) mass is 324 g/mol. The summed E-state index contributed by atoms with van der Waals surface area (Å²) in [6.45, 7) is 2.59. The number of carbonyl (C=O) groups is 2. The van der Waals surface area contributed by atoms with Crippen LogP contribution in [0.2, 0.25) is 0 Å². The van der Waals surface area contributed by atoms with Crippen molar-refractivity contribution >= 4 is 11.9 Å². The SMILES string of the molecule is CCCCN1C(=O)c2ccccc2C(C(=O)O)C1c1cccnc1. The van der Waals surface area contributed by atoms with E-state index in [1.54, 1.807) is 47.6 Å². The Morgan fingerprint density at radius 2 is 2.04 bits per heavy atom. The molecular weight excluding hydrogens is 304 g/mol. The smallest absolute Gasteiger partial charge is 0.313 e. The average Bonchev–Trinajstić information content (AvgIpc) is 2.61. The standard InChI is InChI=1S/C19H20N2O3/c1-2-3-11-21-17(13-7-6-10-20-12-13)16(19(23)24)14-8-4-5-9-15(14)18(21)22/h4-10,12,16-17H,2-3,11H2,1H3,(H,23,24). The average molecular weight is 324 g/mol. The van der Waals surface area contributed by atoms with Crippen molar-refractivity contribution in [2.45, 2.75) is 31.7 Å². The molecule has 0 aliphatic carbocycles.